The van der Waals surface area contributed by atoms with E-state index in [0.717, 1.165) is 57.2 Å². The molecule has 3 fully saturated rings. The van der Waals surface area contributed by atoms with Gasteiger partial charge in [-0.15, -0.1) is 0 Å². The smallest absolute Gasteiger partial charge is 0.316 e. The lowest BCUT2D eigenvalue weighted by molar-refractivity contribution is -0.153. The second-order valence-corrected chi connectivity index (χ2v) is 8.54. The van der Waals surface area contributed by atoms with Crippen LogP contribution in [0.1, 0.15) is 44.1 Å². The van der Waals surface area contributed by atoms with Crippen molar-refractivity contribution in [3.8, 4) is 6.01 Å². The van der Waals surface area contributed by atoms with Crippen LogP contribution in [0.2, 0.25) is 0 Å². The van der Waals surface area contributed by atoms with E-state index in [1.165, 1.54) is 0 Å². The van der Waals surface area contributed by atoms with Crippen molar-refractivity contribution in [1.29, 1.82) is 0 Å². The molecular weight excluding hydrogens is 366 g/mol. The second-order valence-electron chi connectivity index (χ2n) is 8.54. The molecule has 6 heteroatoms. The van der Waals surface area contributed by atoms with Gasteiger partial charge in [0.15, 0.2) is 0 Å². The molecule has 1 aliphatic carbocycles. The van der Waals surface area contributed by atoms with E-state index in [4.69, 9.17) is 9.47 Å². The van der Waals surface area contributed by atoms with Gasteiger partial charge < -0.3 is 14.4 Å². The maximum absolute atomic E-state index is 13.3. The molecular formula is C23H27N3O3. The van der Waals surface area contributed by atoms with Crippen LogP contribution >= 0.6 is 0 Å². The maximum Gasteiger partial charge on any atom is 0.316 e. The van der Waals surface area contributed by atoms with E-state index in [1.807, 2.05) is 18.2 Å². The number of likely N-dealkylation sites (tertiary alicyclic amines) is 1. The molecule has 152 valence electrons. The Morgan fingerprint density at radius 3 is 2.45 bits per heavy atom. The van der Waals surface area contributed by atoms with Crippen molar-refractivity contribution in [1.82, 2.24) is 14.9 Å². The average Bonchev–Trinajstić information content (AvgIpc) is 3.58. The third-order valence-electron chi connectivity index (χ3n) is 6.71. The summed E-state index contributed by atoms with van der Waals surface area (Å²) in [6, 6.07) is 12.5. The number of carbonyl (C=O) groups excluding carboxylic acids is 1. The Morgan fingerprint density at radius 2 is 1.76 bits per heavy atom. The lowest BCUT2D eigenvalue weighted by atomic mass is 9.82. The highest BCUT2D eigenvalue weighted by molar-refractivity contribution is 5.91. The van der Waals surface area contributed by atoms with Crippen LogP contribution in [-0.2, 0) is 14.9 Å². The standard InChI is InChI=1S/C23H27N3O3/c27-20(23(8-9-23)18-5-2-1-3-6-18)26-14-10-22(11-15-26)17-19(7-16-28-22)29-21-24-12-4-13-25-21/h1-6,12-13,19H,7-11,14-17H2. The molecule has 0 radical (unpaired) electrons. The van der Waals surface area contributed by atoms with Gasteiger partial charge in [0.1, 0.15) is 6.10 Å². The van der Waals surface area contributed by atoms with Crippen LogP contribution in [0, 0.1) is 0 Å². The van der Waals surface area contributed by atoms with Crippen molar-refractivity contribution in [2.24, 2.45) is 0 Å². The highest BCUT2D eigenvalue weighted by Crippen LogP contribution is 2.50. The van der Waals surface area contributed by atoms with Gasteiger partial charge in [0.25, 0.3) is 0 Å². The van der Waals surface area contributed by atoms with Crippen LogP contribution in [-0.4, -0.2) is 52.2 Å². The van der Waals surface area contributed by atoms with Gasteiger partial charge in [-0.05, 0) is 37.3 Å². The Hall–Kier alpha value is -2.47. The first-order valence-electron chi connectivity index (χ1n) is 10.6. The zero-order chi connectivity index (χ0) is 19.7. The van der Waals surface area contributed by atoms with Crippen molar-refractivity contribution in [3.63, 3.8) is 0 Å². The van der Waals surface area contributed by atoms with Gasteiger partial charge in [0.2, 0.25) is 5.91 Å². The number of aromatic nitrogens is 2. The third-order valence-corrected chi connectivity index (χ3v) is 6.71. The largest absolute Gasteiger partial charge is 0.460 e. The van der Waals surface area contributed by atoms with E-state index in [9.17, 15) is 4.79 Å². The molecule has 1 saturated carbocycles. The zero-order valence-electron chi connectivity index (χ0n) is 16.6. The molecule has 2 saturated heterocycles. The monoisotopic (exact) mass is 393 g/mol. The van der Waals surface area contributed by atoms with Gasteiger partial charge in [0.05, 0.1) is 17.6 Å². The van der Waals surface area contributed by atoms with Crippen molar-refractivity contribution in [3.05, 3.63) is 54.4 Å². The Bertz CT molecular complexity index is 846. The van der Waals surface area contributed by atoms with E-state index >= 15 is 0 Å². The van der Waals surface area contributed by atoms with Crippen molar-refractivity contribution >= 4 is 5.91 Å². The number of nitrogens with zero attached hydrogens (tertiary/aromatic N) is 3. The Balaban J connectivity index is 1.21. The molecule has 3 heterocycles. The number of rotatable bonds is 4. The fourth-order valence-corrected chi connectivity index (χ4v) is 4.86. The normalized spacial score (nSPS) is 24.8. The molecule has 29 heavy (non-hydrogen) atoms. The Morgan fingerprint density at radius 1 is 1.03 bits per heavy atom. The summed E-state index contributed by atoms with van der Waals surface area (Å²) in [5.41, 5.74) is 0.684. The predicted molar refractivity (Wildman–Crippen MR) is 108 cm³/mol. The minimum atomic E-state index is -0.282. The highest BCUT2D eigenvalue weighted by Gasteiger charge is 2.54. The lowest BCUT2D eigenvalue weighted by Crippen LogP contribution is -2.54. The van der Waals surface area contributed by atoms with Crippen LogP contribution < -0.4 is 4.74 Å². The molecule has 1 spiro atoms. The molecule has 0 N–H and O–H groups in total. The van der Waals surface area contributed by atoms with Gasteiger partial charge in [-0.1, -0.05) is 30.3 Å². The number of carbonyl (C=O) groups is 1. The number of ether oxygens (including phenoxy) is 2. The van der Waals surface area contributed by atoms with E-state index in [2.05, 4.69) is 27.0 Å². The van der Waals surface area contributed by atoms with Crippen molar-refractivity contribution < 1.29 is 14.3 Å². The van der Waals surface area contributed by atoms with E-state index in [0.29, 0.717) is 18.5 Å². The van der Waals surface area contributed by atoms with Crippen molar-refractivity contribution in [2.45, 2.75) is 55.6 Å². The molecule has 5 rings (SSSR count). The molecule has 1 atom stereocenters. The number of hydrogen-bond acceptors (Lipinski definition) is 5. The molecule has 2 aromatic rings. The summed E-state index contributed by atoms with van der Waals surface area (Å²) >= 11 is 0. The Labute approximate surface area is 171 Å². The molecule has 1 aromatic heterocycles. The van der Waals surface area contributed by atoms with E-state index in [-0.39, 0.29) is 17.1 Å². The first kappa shape index (κ1) is 18.6. The van der Waals surface area contributed by atoms with Gasteiger partial charge in [-0.2, -0.15) is 0 Å². The molecule has 2 aliphatic heterocycles. The van der Waals surface area contributed by atoms with Gasteiger partial charge in [0, 0.05) is 38.3 Å². The SMILES string of the molecule is O=C(N1CCC2(CC1)CC(Oc1ncccn1)CCO2)C1(c2ccccc2)CC1. The first-order valence-corrected chi connectivity index (χ1v) is 10.6. The summed E-state index contributed by atoms with van der Waals surface area (Å²) in [6.07, 6.45) is 8.77. The summed E-state index contributed by atoms with van der Waals surface area (Å²) in [4.78, 5) is 23.7. The minimum absolute atomic E-state index is 0.0625. The quantitative estimate of drug-likeness (QED) is 0.799. The first-order chi connectivity index (χ1) is 14.2. The maximum atomic E-state index is 13.3. The fraction of sp³-hybridized carbons (Fsp3) is 0.522. The minimum Gasteiger partial charge on any atom is -0.460 e. The molecule has 1 amide bonds. The number of piperidine rings is 1. The van der Waals surface area contributed by atoms with Crippen molar-refractivity contribution in [2.75, 3.05) is 19.7 Å². The van der Waals surface area contributed by atoms with Gasteiger partial charge in [-0.3, -0.25) is 4.79 Å². The van der Waals surface area contributed by atoms with Gasteiger partial charge >= 0.3 is 6.01 Å². The highest BCUT2D eigenvalue weighted by atomic mass is 16.5. The second kappa shape index (κ2) is 7.41. The van der Waals surface area contributed by atoms with Crippen LogP contribution in [0.3, 0.4) is 0 Å². The molecule has 6 nitrogen and oxygen atoms in total. The topological polar surface area (TPSA) is 64.6 Å². The molecule has 0 bridgehead atoms. The summed E-state index contributed by atoms with van der Waals surface area (Å²) in [7, 11) is 0. The number of hydrogen-bond donors (Lipinski definition) is 0. The van der Waals surface area contributed by atoms with Crippen LogP contribution in [0.25, 0.3) is 0 Å². The predicted octanol–water partition coefficient (Wildman–Crippen LogP) is 3.13. The summed E-state index contributed by atoms with van der Waals surface area (Å²) in [5, 5.41) is 0. The fourth-order valence-electron chi connectivity index (χ4n) is 4.86. The van der Waals surface area contributed by atoms with E-state index < -0.39 is 0 Å². The zero-order valence-corrected chi connectivity index (χ0v) is 16.6. The third kappa shape index (κ3) is 3.62. The van der Waals surface area contributed by atoms with Crippen LogP contribution in [0.5, 0.6) is 6.01 Å². The number of amides is 1. The summed E-state index contributed by atoms with van der Waals surface area (Å²) < 4.78 is 12.2. The molecule has 1 aromatic carbocycles. The summed E-state index contributed by atoms with van der Waals surface area (Å²) in [6.45, 7) is 2.18. The molecule has 3 aliphatic rings. The van der Waals surface area contributed by atoms with Crippen LogP contribution in [0.4, 0.5) is 0 Å². The molecule has 1 unspecified atom stereocenters. The summed E-state index contributed by atoms with van der Waals surface area (Å²) in [5.74, 6) is 0.292. The van der Waals surface area contributed by atoms with Crippen LogP contribution in [0.15, 0.2) is 48.8 Å². The Kier molecular flexibility index (Phi) is 4.74. The van der Waals surface area contributed by atoms with Gasteiger partial charge in [-0.25, -0.2) is 9.97 Å². The lowest BCUT2D eigenvalue weighted by Gasteiger charge is -2.46. The average molecular weight is 393 g/mol. The van der Waals surface area contributed by atoms with E-state index in [1.54, 1.807) is 18.5 Å². The number of benzene rings is 1.